The molecule has 2 heterocycles. The number of aromatic nitrogens is 1. The van der Waals surface area contributed by atoms with E-state index in [9.17, 15) is 44.1 Å². The van der Waals surface area contributed by atoms with Crippen LogP contribution in [0.1, 0.15) is 83.0 Å². The van der Waals surface area contributed by atoms with E-state index in [1.807, 2.05) is 6.92 Å². The normalized spacial score (nSPS) is 14.7. The summed E-state index contributed by atoms with van der Waals surface area (Å²) in [5, 5.41) is 29.1. The van der Waals surface area contributed by atoms with Gasteiger partial charge in [0.2, 0.25) is 5.91 Å². The molecule has 1 unspecified atom stereocenters. The van der Waals surface area contributed by atoms with Crippen LogP contribution in [-0.2, 0) is 65.5 Å². The third kappa shape index (κ3) is 26.5. The average Bonchev–Trinajstić information content (AvgIpc) is 3.21. The van der Waals surface area contributed by atoms with Crippen molar-refractivity contribution in [2.75, 3.05) is 118 Å². The molecule has 0 saturated heterocycles. The van der Waals surface area contributed by atoms with Gasteiger partial charge in [0.05, 0.1) is 70.7 Å². The smallest absolute Gasteiger partial charge is 0.320 e. The summed E-state index contributed by atoms with van der Waals surface area (Å²) >= 11 is 0. The monoisotopic (exact) mass is 881 g/mol. The topological polar surface area (TPSA) is 235 Å². The molecule has 352 valence electrons. The van der Waals surface area contributed by atoms with Crippen molar-refractivity contribution in [1.82, 2.24) is 24.6 Å². The van der Waals surface area contributed by atoms with E-state index >= 15 is 0 Å². The minimum atomic E-state index is -1.08. The van der Waals surface area contributed by atoms with Crippen molar-refractivity contribution in [2.45, 2.75) is 90.8 Å². The number of unbranched alkanes of at least 4 members (excludes halogenated alkanes) is 2. The Bertz CT molecular complexity index is 1470. The first-order valence-corrected chi connectivity index (χ1v) is 21.9. The van der Waals surface area contributed by atoms with Crippen LogP contribution in [0.4, 0.5) is 0 Å². The molecule has 1 aliphatic heterocycles. The maximum absolute atomic E-state index is 12.8. The number of carbonyl (C=O) groups is 6. The zero-order valence-corrected chi connectivity index (χ0v) is 36.9. The van der Waals surface area contributed by atoms with Gasteiger partial charge in [-0.1, -0.05) is 6.07 Å². The molecular weight excluding hydrogens is 810 g/mol. The first kappa shape index (κ1) is 54.2. The first-order chi connectivity index (χ1) is 29.9. The molecule has 0 aromatic carbocycles. The van der Waals surface area contributed by atoms with E-state index in [1.165, 1.54) is 6.92 Å². The highest BCUT2D eigenvalue weighted by Gasteiger charge is 2.28. The van der Waals surface area contributed by atoms with Crippen LogP contribution in [-0.4, -0.2) is 200 Å². The molecule has 2 bridgehead atoms. The maximum Gasteiger partial charge on any atom is 0.320 e. The number of rotatable bonds is 35. The first-order valence-electron chi connectivity index (χ1n) is 21.9. The van der Waals surface area contributed by atoms with Crippen LogP contribution in [0.25, 0.3) is 0 Å². The summed E-state index contributed by atoms with van der Waals surface area (Å²) in [6.07, 6.45) is 4.16. The van der Waals surface area contributed by atoms with E-state index in [4.69, 9.17) is 23.7 Å². The quantitative estimate of drug-likeness (QED) is 0.0829. The number of ether oxygens (including phenoxy) is 5. The molecule has 1 aromatic heterocycles. The molecule has 19 heteroatoms. The number of pyridine rings is 1. The molecule has 0 fully saturated rings. The van der Waals surface area contributed by atoms with Gasteiger partial charge in [0, 0.05) is 98.4 Å². The van der Waals surface area contributed by atoms with Crippen molar-refractivity contribution in [1.29, 1.82) is 0 Å². The van der Waals surface area contributed by atoms with Crippen LogP contribution in [0.3, 0.4) is 0 Å². The molecule has 62 heavy (non-hydrogen) atoms. The van der Waals surface area contributed by atoms with Gasteiger partial charge in [-0.25, -0.2) is 0 Å². The summed E-state index contributed by atoms with van der Waals surface area (Å²) in [6, 6.07) is 4.33. The Labute approximate surface area is 365 Å². The van der Waals surface area contributed by atoms with Crippen molar-refractivity contribution >= 4 is 35.4 Å². The third-order valence-corrected chi connectivity index (χ3v) is 10.0. The zero-order chi connectivity index (χ0) is 45.4. The second-order valence-electron chi connectivity index (χ2n) is 15.2. The summed E-state index contributed by atoms with van der Waals surface area (Å²) in [4.78, 5) is 84.0. The van der Waals surface area contributed by atoms with Crippen molar-refractivity contribution in [2.24, 2.45) is 0 Å². The second kappa shape index (κ2) is 33.6. The van der Waals surface area contributed by atoms with Crippen LogP contribution >= 0.6 is 0 Å². The molecule has 1 aliphatic rings. The molecule has 19 nitrogen and oxygen atoms in total. The lowest BCUT2D eigenvalue weighted by Gasteiger charge is -2.32. The number of hydrogen-bond donors (Lipinski definition) is 3. The maximum atomic E-state index is 12.8. The molecule has 1 amide bonds. The van der Waals surface area contributed by atoms with Crippen LogP contribution in [0, 0.1) is 0 Å². The molecule has 0 saturated carbocycles. The van der Waals surface area contributed by atoms with Gasteiger partial charge in [-0.15, -0.1) is 0 Å². The van der Waals surface area contributed by atoms with Gasteiger partial charge in [0.1, 0.15) is 11.8 Å². The minimum Gasteiger partial charge on any atom is -0.480 e. The molecule has 1 aromatic rings. The number of amides is 1. The number of aliphatic carboxylic acids is 3. The number of hydrogen-bond acceptors (Lipinski definition) is 15. The minimum absolute atomic E-state index is 0.0221. The fraction of sp³-hybridized carbons (Fsp3) is 0.744. The highest BCUT2D eigenvalue weighted by atomic mass is 16.5. The molecule has 1 atom stereocenters. The largest absolute Gasteiger partial charge is 0.480 e. The highest BCUT2D eigenvalue weighted by Crippen LogP contribution is 2.16. The van der Waals surface area contributed by atoms with E-state index in [0.29, 0.717) is 123 Å². The lowest BCUT2D eigenvalue weighted by Crippen LogP contribution is -2.47. The van der Waals surface area contributed by atoms with Gasteiger partial charge in [-0.05, 0) is 57.6 Å². The predicted octanol–water partition coefficient (Wildman–Crippen LogP) is 2.22. The summed E-state index contributed by atoms with van der Waals surface area (Å²) in [7, 11) is 0. The second-order valence-corrected chi connectivity index (χ2v) is 15.2. The average molecular weight is 882 g/mol. The Hall–Kier alpha value is -3.95. The van der Waals surface area contributed by atoms with Crippen molar-refractivity contribution in [3.63, 3.8) is 0 Å². The lowest BCUT2D eigenvalue weighted by atomic mass is 10.0. The summed E-state index contributed by atoms with van der Waals surface area (Å²) in [5.74, 6) is -3.29. The SMILES string of the molecule is CCOCCOCCCN(CC(=O)CCCCOCCOCCOCCCCC(=O)CCC(C(=O)O)N1CCN(CC(=O)O)CCN(CC(=O)O)Cc2cccc(n2)C1)C(C)=O. The zero-order valence-electron chi connectivity index (χ0n) is 36.9. The molecule has 3 N–H and O–H groups in total. The van der Waals surface area contributed by atoms with Crippen LogP contribution in [0.5, 0.6) is 0 Å². The number of carboxylic acid groups (broad SMARTS) is 3. The van der Waals surface area contributed by atoms with Crippen LogP contribution in [0.15, 0.2) is 18.2 Å². The highest BCUT2D eigenvalue weighted by molar-refractivity contribution is 5.85. The molecule has 0 spiro atoms. The fourth-order valence-corrected chi connectivity index (χ4v) is 6.75. The fourth-order valence-electron chi connectivity index (χ4n) is 6.75. The molecule has 0 aliphatic carbocycles. The van der Waals surface area contributed by atoms with E-state index in [2.05, 4.69) is 4.98 Å². The van der Waals surface area contributed by atoms with Crippen molar-refractivity contribution < 1.29 is 67.8 Å². The van der Waals surface area contributed by atoms with Crippen LogP contribution in [0.2, 0.25) is 0 Å². The summed E-state index contributed by atoms with van der Waals surface area (Å²) in [5.41, 5.74) is 1.21. The number of Topliss-reactive ketones (excluding diaryl/α,β-unsaturated/α-hetero) is 2. The van der Waals surface area contributed by atoms with Gasteiger partial charge in [0.25, 0.3) is 0 Å². The number of carbonyl (C=O) groups excluding carboxylic acids is 3. The van der Waals surface area contributed by atoms with E-state index in [0.717, 1.165) is 6.42 Å². The molecule has 0 radical (unpaired) electrons. The summed E-state index contributed by atoms with van der Waals surface area (Å²) in [6.45, 7) is 9.62. The lowest BCUT2D eigenvalue weighted by molar-refractivity contribution is -0.145. The number of ketones is 2. The van der Waals surface area contributed by atoms with Crippen molar-refractivity contribution in [3.05, 3.63) is 29.6 Å². The Kier molecular flexibility index (Phi) is 29.4. The van der Waals surface area contributed by atoms with Gasteiger partial charge < -0.3 is 43.9 Å². The van der Waals surface area contributed by atoms with Gasteiger partial charge >= 0.3 is 17.9 Å². The summed E-state index contributed by atoms with van der Waals surface area (Å²) < 4.78 is 27.5. The van der Waals surface area contributed by atoms with Gasteiger partial charge in [0.15, 0.2) is 5.78 Å². The van der Waals surface area contributed by atoms with E-state index in [1.54, 1.807) is 37.8 Å². The Morgan fingerprint density at radius 1 is 0.645 bits per heavy atom. The molecule has 2 rings (SSSR count). The molecular formula is C43H71N5O14. The Morgan fingerprint density at radius 2 is 1.16 bits per heavy atom. The van der Waals surface area contributed by atoms with Crippen LogP contribution < -0.4 is 0 Å². The Morgan fingerprint density at radius 3 is 1.74 bits per heavy atom. The van der Waals surface area contributed by atoms with E-state index in [-0.39, 0.29) is 89.2 Å². The van der Waals surface area contributed by atoms with Gasteiger partial charge in [-0.3, -0.25) is 48.5 Å². The number of nitrogens with zero attached hydrogens (tertiary/aromatic N) is 5. The number of fused-ring (bicyclic) bond motifs is 2. The van der Waals surface area contributed by atoms with E-state index < -0.39 is 23.9 Å². The Balaban J connectivity index is 1.60. The van der Waals surface area contributed by atoms with Gasteiger partial charge in [-0.2, -0.15) is 0 Å². The standard InChI is InChI=1S/C43H71N5O14/c1-3-58-24-25-61-23-9-16-47(35(2)49)32-39(51)13-5-7-22-60-27-29-62-28-26-59-21-6-4-12-38(50)14-15-40(43(56)57)48-20-19-45(33-41(52)53)17-18-46(34-42(54)55)30-36-10-8-11-37(31-48)44-36/h8,10-11,40H,3-7,9,12-34H2,1-2H3,(H,52,53)(H,54,55)(H,56,57). The van der Waals surface area contributed by atoms with Crippen molar-refractivity contribution in [3.8, 4) is 0 Å². The predicted molar refractivity (Wildman–Crippen MR) is 227 cm³/mol. The number of carboxylic acids is 3. The third-order valence-electron chi connectivity index (χ3n) is 10.0.